The van der Waals surface area contributed by atoms with Crippen molar-refractivity contribution in [3.8, 4) is 0 Å². The topological polar surface area (TPSA) is 178 Å². The molecule has 4 rings (SSSR count). The fourth-order valence-electron chi connectivity index (χ4n) is 4.39. The van der Waals surface area contributed by atoms with Crippen LogP contribution < -0.4 is 19.7 Å². The molecule has 3 N–H and O–H groups in total. The Morgan fingerprint density at radius 3 is 2.28 bits per heavy atom. The number of hydrogen-bond acceptors (Lipinski definition) is 12. The molecule has 2 aliphatic rings. The summed E-state index contributed by atoms with van der Waals surface area (Å²) in [5.41, 5.74) is 0.719. The Morgan fingerprint density at radius 2 is 1.70 bits per heavy atom. The van der Waals surface area contributed by atoms with Crippen molar-refractivity contribution in [1.82, 2.24) is 14.4 Å². The number of hydrogen-bond donors (Lipinski definition) is 3. The van der Waals surface area contributed by atoms with Crippen molar-refractivity contribution in [2.75, 3.05) is 31.3 Å². The summed E-state index contributed by atoms with van der Waals surface area (Å²) in [6.45, 7) is -0.568. The van der Waals surface area contributed by atoms with Crippen molar-refractivity contribution in [2.24, 2.45) is 0 Å². The molecule has 0 atom stereocenters. The molecule has 1 aromatic heterocycles. The first kappa shape index (κ1) is 35.0. The molecule has 3 heterocycles. The Morgan fingerprint density at radius 1 is 1.02 bits per heavy atom. The molecule has 13 nitrogen and oxygen atoms in total. The van der Waals surface area contributed by atoms with Crippen LogP contribution in [-0.4, -0.2) is 90.1 Å². The zero-order valence-electron chi connectivity index (χ0n) is 24.4. The lowest BCUT2D eigenvalue weighted by atomic mass is 10.1. The second-order valence-electron chi connectivity index (χ2n) is 9.52. The Labute approximate surface area is 283 Å². The molecule has 0 unspecified atom stereocenters. The molecule has 0 bridgehead atoms. The minimum atomic E-state index is -1.40. The second-order valence-corrected chi connectivity index (χ2v) is 14.0. The van der Waals surface area contributed by atoms with Gasteiger partial charge in [-0.25, -0.2) is 0 Å². The number of carboxylic acid groups (broad SMARTS) is 3. The summed E-state index contributed by atoms with van der Waals surface area (Å²) in [6.07, 6.45) is 5.07. The van der Waals surface area contributed by atoms with Gasteiger partial charge in [0, 0.05) is 18.0 Å². The van der Waals surface area contributed by atoms with Crippen LogP contribution in [0, 0.1) is 0 Å². The van der Waals surface area contributed by atoms with Crippen molar-refractivity contribution in [2.45, 2.75) is 24.8 Å². The third-order valence-corrected chi connectivity index (χ3v) is 11.4. The van der Waals surface area contributed by atoms with Crippen LogP contribution in [-0.2, 0) is 30.5 Å². The summed E-state index contributed by atoms with van der Waals surface area (Å²) in [5.74, 6) is -5.65. The van der Waals surface area contributed by atoms with E-state index >= 15 is 0 Å². The van der Waals surface area contributed by atoms with Crippen molar-refractivity contribution >= 4 is 109 Å². The van der Waals surface area contributed by atoms with Gasteiger partial charge in [-0.05, 0) is 36.5 Å². The van der Waals surface area contributed by atoms with Crippen LogP contribution in [0.25, 0.3) is 9.93 Å². The van der Waals surface area contributed by atoms with Crippen LogP contribution in [0.1, 0.15) is 13.3 Å². The first-order valence-electron chi connectivity index (χ1n) is 13.2. The lowest BCUT2D eigenvalue weighted by Crippen LogP contribution is -2.40. The van der Waals surface area contributed by atoms with Crippen molar-refractivity contribution < 1.29 is 39.3 Å². The molecule has 0 aliphatic carbocycles. The molecule has 2 aromatic rings. The standard InChI is InChI=1S/C28H26N4O9S5/c1-4-14(10-18-29(2)15-7-5-6-8-16(15)44-18)9-17(33)30(11-19(34)35)26(43-3)22-24(40)31(12-20(36)37)27(45-22)23-25(41)32(13-21(38)39)28(42)46-23/h5-10H,4,11-13H2,1-3H3,(H,34,35)(H,36,37)(H,38,39)/b14-9-,18-10?,26-22+,27-23+. The van der Waals surface area contributed by atoms with Gasteiger partial charge in [0.25, 0.3) is 17.4 Å². The van der Waals surface area contributed by atoms with Crippen molar-refractivity contribution in [1.29, 1.82) is 0 Å². The summed E-state index contributed by atoms with van der Waals surface area (Å²) in [6, 6.07) is 7.79. The van der Waals surface area contributed by atoms with Gasteiger partial charge in [-0.3, -0.25) is 43.1 Å². The molecule has 1 fully saturated rings. The van der Waals surface area contributed by atoms with E-state index in [1.54, 1.807) is 0 Å². The summed E-state index contributed by atoms with van der Waals surface area (Å²) in [5, 5.41) is 29.3. The number of carbonyl (C=O) groups excluding carboxylic acids is 2. The number of allylic oxidation sites excluding steroid dienone is 2. The van der Waals surface area contributed by atoms with Gasteiger partial charge in [-0.1, -0.05) is 54.8 Å². The average molecular weight is 723 g/mol. The molecule has 242 valence electrons. The number of aliphatic carboxylic acids is 3. The quantitative estimate of drug-likeness (QED) is 0.226. The van der Waals surface area contributed by atoms with Crippen molar-refractivity contribution in [3.05, 3.63) is 66.6 Å². The molecule has 2 aliphatic heterocycles. The molecular formula is C28H26N4O9S5. The van der Waals surface area contributed by atoms with E-state index in [0.717, 1.165) is 41.7 Å². The predicted molar refractivity (Wildman–Crippen MR) is 182 cm³/mol. The van der Waals surface area contributed by atoms with E-state index in [2.05, 4.69) is 0 Å². The maximum Gasteiger partial charge on any atom is 0.323 e. The second kappa shape index (κ2) is 14.7. The maximum atomic E-state index is 13.7. The van der Waals surface area contributed by atoms with Gasteiger partial charge in [-0.15, -0.1) is 23.1 Å². The number of aromatic nitrogens is 1. The third-order valence-electron chi connectivity index (χ3n) is 6.50. The zero-order valence-corrected chi connectivity index (χ0v) is 28.5. The number of nitrogens with zero attached hydrogens (tertiary/aromatic N) is 4. The van der Waals surface area contributed by atoms with Crippen molar-refractivity contribution in [3.63, 3.8) is 0 Å². The minimum absolute atomic E-state index is 0.0621. The van der Waals surface area contributed by atoms with E-state index < -0.39 is 54.9 Å². The number of thioether (sulfide) groups is 3. The van der Waals surface area contributed by atoms with E-state index in [0.29, 0.717) is 35.1 Å². The number of fused-ring (bicyclic) bond motifs is 1. The fourth-order valence-corrected chi connectivity index (χ4v) is 9.04. The third kappa shape index (κ3) is 7.41. The largest absolute Gasteiger partial charge is 0.480 e. The highest BCUT2D eigenvalue weighted by Crippen LogP contribution is 2.45. The number of rotatable bonds is 11. The Hall–Kier alpha value is -3.84. The molecule has 0 radical (unpaired) electrons. The summed E-state index contributed by atoms with van der Waals surface area (Å²) in [4.78, 5) is 80.1. The zero-order chi connectivity index (χ0) is 33.9. The number of benzene rings is 1. The molecule has 1 saturated heterocycles. The number of carboxylic acids is 3. The van der Waals surface area contributed by atoms with Gasteiger partial charge < -0.3 is 20.2 Å². The van der Waals surface area contributed by atoms with Crippen LogP contribution in [0.2, 0.25) is 0 Å². The molecule has 18 heteroatoms. The predicted octanol–water partition coefficient (Wildman–Crippen LogP) is 1.81. The van der Waals surface area contributed by atoms with Gasteiger partial charge in [-0.2, -0.15) is 0 Å². The Balaban J connectivity index is 1.87. The van der Waals surface area contributed by atoms with E-state index in [4.69, 9.17) is 12.2 Å². The molecule has 0 spiro atoms. The first-order chi connectivity index (χ1) is 21.8. The highest BCUT2D eigenvalue weighted by molar-refractivity contribution is 8.30. The highest BCUT2D eigenvalue weighted by Gasteiger charge is 2.36. The molecular weight excluding hydrogens is 697 g/mol. The van der Waals surface area contributed by atoms with Crippen LogP contribution in [0.15, 0.2) is 56.7 Å². The van der Waals surface area contributed by atoms with Gasteiger partial charge in [0.05, 0.1) is 10.7 Å². The normalized spacial score (nSPS) is 17.5. The number of anilines is 1. The molecule has 0 saturated carbocycles. The molecule has 46 heavy (non-hydrogen) atoms. The highest BCUT2D eigenvalue weighted by atomic mass is 32.2. The van der Waals surface area contributed by atoms with Gasteiger partial charge in [0.15, 0.2) is 0 Å². The van der Waals surface area contributed by atoms with Crippen LogP contribution in [0.3, 0.4) is 0 Å². The van der Waals surface area contributed by atoms with Crippen LogP contribution in [0.5, 0.6) is 0 Å². The van der Waals surface area contributed by atoms with E-state index in [1.165, 1.54) is 24.1 Å². The minimum Gasteiger partial charge on any atom is -0.480 e. The SMILES string of the molecule is CC/C(C=C1Sc2ccccc2N1C)=C/C(=O)N(CC(=O)O)/C(SC)=c1\s/c(=C2/SC(=S)N(CC(=O)O)C2=O)n(CC(=O)O)c1=O. The van der Waals surface area contributed by atoms with Crippen LogP contribution in [0.4, 0.5) is 5.69 Å². The van der Waals surface area contributed by atoms with E-state index in [-0.39, 0.29) is 23.4 Å². The average Bonchev–Trinajstić information content (AvgIpc) is 3.58. The van der Waals surface area contributed by atoms with Gasteiger partial charge >= 0.3 is 17.9 Å². The first-order valence-corrected chi connectivity index (χ1v) is 17.3. The Kier molecular flexibility index (Phi) is 11.2. The number of para-hydroxylation sites is 1. The number of thiocarbonyl (C=S) groups is 1. The molecule has 1 aromatic carbocycles. The smallest absolute Gasteiger partial charge is 0.323 e. The maximum absolute atomic E-state index is 13.7. The number of thiazole rings is 1. The lowest BCUT2D eigenvalue weighted by molar-refractivity contribution is -0.140. The summed E-state index contributed by atoms with van der Waals surface area (Å²) < 4.78 is 0.437. The number of carbonyl (C=O) groups is 5. The van der Waals surface area contributed by atoms with E-state index in [1.807, 2.05) is 49.2 Å². The van der Waals surface area contributed by atoms with Crippen LogP contribution >= 0.6 is 58.8 Å². The van der Waals surface area contributed by atoms with E-state index in [9.17, 15) is 44.1 Å². The summed E-state index contributed by atoms with van der Waals surface area (Å²) in [7, 11) is 1.89. The monoisotopic (exact) mass is 722 g/mol. The van der Waals surface area contributed by atoms with Gasteiger partial charge in [0.2, 0.25) is 0 Å². The number of amides is 2. The molecule has 2 amide bonds. The fraction of sp³-hybridized carbons (Fsp3) is 0.250. The lowest BCUT2D eigenvalue weighted by Gasteiger charge is -2.21. The Bertz CT molecular complexity index is 1910. The van der Waals surface area contributed by atoms with Gasteiger partial charge in [0.1, 0.15) is 43.1 Å². The summed E-state index contributed by atoms with van der Waals surface area (Å²) >= 11 is 8.98.